The van der Waals surface area contributed by atoms with Crippen molar-refractivity contribution in [1.29, 1.82) is 0 Å². The van der Waals surface area contributed by atoms with Crippen molar-refractivity contribution in [1.82, 2.24) is 15.3 Å². The molecule has 4 nitrogen and oxygen atoms in total. The summed E-state index contributed by atoms with van der Waals surface area (Å²) in [5, 5.41) is 3.44. The molecule has 1 aromatic carbocycles. The van der Waals surface area contributed by atoms with E-state index in [4.69, 9.17) is 4.74 Å². The highest BCUT2D eigenvalue weighted by Crippen LogP contribution is 2.21. The maximum absolute atomic E-state index is 5.17. The number of hydrogen-bond donors (Lipinski definition) is 1. The predicted octanol–water partition coefficient (Wildman–Crippen LogP) is 2.69. The molecule has 1 atom stereocenters. The number of rotatable bonds is 4. The Kier molecular flexibility index (Phi) is 4.46. The summed E-state index contributed by atoms with van der Waals surface area (Å²) in [6.45, 7) is 2.25. The van der Waals surface area contributed by atoms with E-state index in [9.17, 15) is 0 Å². The average molecular weight is 283 g/mol. The van der Waals surface area contributed by atoms with Gasteiger partial charge in [0, 0.05) is 11.8 Å². The molecule has 110 valence electrons. The van der Waals surface area contributed by atoms with Crippen molar-refractivity contribution in [2.45, 2.75) is 19.3 Å². The van der Waals surface area contributed by atoms with Gasteiger partial charge in [0.25, 0.3) is 0 Å². The van der Waals surface area contributed by atoms with E-state index in [2.05, 4.69) is 15.3 Å². The van der Waals surface area contributed by atoms with Gasteiger partial charge < -0.3 is 10.1 Å². The summed E-state index contributed by atoms with van der Waals surface area (Å²) in [4.78, 5) is 9.12. The molecule has 1 aliphatic heterocycles. The van der Waals surface area contributed by atoms with Gasteiger partial charge in [0.05, 0.1) is 24.7 Å². The fraction of sp³-hybridized carbons (Fsp3) is 0.412. The molecule has 2 aromatic rings. The summed E-state index contributed by atoms with van der Waals surface area (Å²) in [7, 11) is 1.67. The fourth-order valence-electron chi connectivity index (χ4n) is 2.77. The van der Waals surface area contributed by atoms with Gasteiger partial charge in [-0.1, -0.05) is 0 Å². The lowest BCUT2D eigenvalue weighted by atomic mass is 9.95. The zero-order chi connectivity index (χ0) is 14.5. The van der Waals surface area contributed by atoms with Gasteiger partial charge in [-0.15, -0.1) is 0 Å². The van der Waals surface area contributed by atoms with Gasteiger partial charge in [-0.25, -0.2) is 0 Å². The number of methoxy groups -OCH3 is 1. The third-order valence-corrected chi connectivity index (χ3v) is 3.99. The molecule has 1 saturated heterocycles. The van der Waals surface area contributed by atoms with E-state index in [-0.39, 0.29) is 0 Å². The van der Waals surface area contributed by atoms with Gasteiger partial charge in [0.15, 0.2) is 0 Å². The SMILES string of the molecule is COc1ccc(-c2cnc(CC3CCCNC3)cn2)cc1. The Morgan fingerprint density at radius 1 is 1.19 bits per heavy atom. The monoisotopic (exact) mass is 283 g/mol. The van der Waals surface area contributed by atoms with Crippen LogP contribution in [0, 0.1) is 5.92 Å². The Morgan fingerprint density at radius 3 is 2.67 bits per heavy atom. The van der Waals surface area contributed by atoms with Crippen molar-refractivity contribution >= 4 is 0 Å². The molecule has 4 heteroatoms. The molecule has 1 fully saturated rings. The first-order chi connectivity index (χ1) is 10.3. The Hall–Kier alpha value is -1.94. The molecule has 0 amide bonds. The van der Waals surface area contributed by atoms with Gasteiger partial charge >= 0.3 is 0 Å². The third-order valence-electron chi connectivity index (χ3n) is 3.99. The standard InChI is InChI=1S/C17H21N3O/c1-21-16-6-4-14(5-7-16)17-12-19-15(11-20-17)9-13-3-2-8-18-10-13/h4-7,11-13,18H,2-3,8-10H2,1H3. The quantitative estimate of drug-likeness (QED) is 0.937. The van der Waals surface area contributed by atoms with Gasteiger partial charge in [0.1, 0.15) is 5.75 Å². The van der Waals surface area contributed by atoms with E-state index in [1.807, 2.05) is 36.7 Å². The molecule has 2 heterocycles. The summed E-state index contributed by atoms with van der Waals surface area (Å²) in [5.74, 6) is 1.55. The number of benzene rings is 1. The lowest BCUT2D eigenvalue weighted by Crippen LogP contribution is -2.31. The fourth-order valence-corrected chi connectivity index (χ4v) is 2.77. The van der Waals surface area contributed by atoms with Crippen LogP contribution in [-0.4, -0.2) is 30.2 Å². The van der Waals surface area contributed by atoms with Crippen molar-refractivity contribution in [3.8, 4) is 17.0 Å². The summed E-state index contributed by atoms with van der Waals surface area (Å²) >= 11 is 0. The molecule has 0 radical (unpaired) electrons. The Bertz CT molecular complexity index is 560. The zero-order valence-corrected chi connectivity index (χ0v) is 12.4. The minimum Gasteiger partial charge on any atom is -0.497 e. The highest BCUT2D eigenvalue weighted by atomic mass is 16.5. The molecule has 1 unspecified atom stereocenters. The van der Waals surface area contributed by atoms with Crippen LogP contribution in [0.5, 0.6) is 5.75 Å². The van der Waals surface area contributed by atoms with E-state index in [0.29, 0.717) is 5.92 Å². The van der Waals surface area contributed by atoms with Crippen LogP contribution < -0.4 is 10.1 Å². The Morgan fingerprint density at radius 2 is 2.05 bits per heavy atom. The van der Waals surface area contributed by atoms with Gasteiger partial charge in [-0.2, -0.15) is 0 Å². The number of hydrogen-bond acceptors (Lipinski definition) is 4. The van der Waals surface area contributed by atoms with Crippen molar-refractivity contribution in [2.24, 2.45) is 5.92 Å². The maximum Gasteiger partial charge on any atom is 0.118 e. The molecule has 21 heavy (non-hydrogen) atoms. The molecular weight excluding hydrogens is 262 g/mol. The first-order valence-electron chi connectivity index (χ1n) is 7.51. The number of nitrogens with zero attached hydrogens (tertiary/aromatic N) is 2. The van der Waals surface area contributed by atoms with Gasteiger partial charge in [-0.3, -0.25) is 9.97 Å². The van der Waals surface area contributed by atoms with E-state index in [0.717, 1.165) is 42.2 Å². The first kappa shape index (κ1) is 14.0. The van der Waals surface area contributed by atoms with Crippen LogP contribution in [0.15, 0.2) is 36.7 Å². The van der Waals surface area contributed by atoms with E-state index < -0.39 is 0 Å². The van der Waals surface area contributed by atoms with Crippen molar-refractivity contribution in [2.75, 3.05) is 20.2 Å². The first-order valence-corrected chi connectivity index (χ1v) is 7.51. The average Bonchev–Trinajstić information content (AvgIpc) is 2.57. The van der Waals surface area contributed by atoms with Crippen LogP contribution in [0.4, 0.5) is 0 Å². The second-order valence-corrected chi connectivity index (χ2v) is 5.54. The predicted molar refractivity (Wildman–Crippen MR) is 83.3 cm³/mol. The summed E-state index contributed by atoms with van der Waals surface area (Å²) in [6, 6.07) is 7.90. The van der Waals surface area contributed by atoms with Crippen LogP contribution in [0.3, 0.4) is 0 Å². The van der Waals surface area contributed by atoms with Crippen LogP contribution >= 0.6 is 0 Å². The van der Waals surface area contributed by atoms with Crippen LogP contribution in [0.25, 0.3) is 11.3 Å². The Balaban J connectivity index is 1.67. The largest absolute Gasteiger partial charge is 0.497 e. The topological polar surface area (TPSA) is 47.0 Å². The molecule has 0 aliphatic carbocycles. The number of piperidine rings is 1. The maximum atomic E-state index is 5.17. The second-order valence-electron chi connectivity index (χ2n) is 5.54. The molecule has 3 rings (SSSR count). The van der Waals surface area contributed by atoms with Crippen molar-refractivity contribution < 1.29 is 4.74 Å². The second kappa shape index (κ2) is 6.68. The lowest BCUT2D eigenvalue weighted by molar-refractivity contribution is 0.373. The number of ether oxygens (including phenoxy) is 1. The zero-order valence-electron chi connectivity index (χ0n) is 12.4. The lowest BCUT2D eigenvalue weighted by Gasteiger charge is -2.22. The molecule has 1 N–H and O–H groups in total. The smallest absolute Gasteiger partial charge is 0.118 e. The van der Waals surface area contributed by atoms with Gasteiger partial charge in [0.2, 0.25) is 0 Å². The molecule has 0 spiro atoms. The Labute approximate surface area is 125 Å². The summed E-state index contributed by atoms with van der Waals surface area (Å²) in [5.41, 5.74) is 3.05. The normalized spacial score (nSPS) is 18.4. The van der Waals surface area contributed by atoms with Crippen molar-refractivity contribution in [3.05, 3.63) is 42.4 Å². The van der Waals surface area contributed by atoms with E-state index in [1.165, 1.54) is 12.8 Å². The minimum absolute atomic E-state index is 0.694. The highest BCUT2D eigenvalue weighted by molar-refractivity contribution is 5.58. The number of aromatic nitrogens is 2. The molecule has 0 saturated carbocycles. The molecular formula is C17H21N3O. The third kappa shape index (κ3) is 3.58. The van der Waals surface area contributed by atoms with Crippen LogP contribution in [-0.2, 0) is 6.42 Å². The number of nitrogens with one attached hydrogen (secondary N) is 1. The summed E-state index contributed by atoms with van der Waals surface area (Å²) in [6.07, 6.45) is 7.35. The molecule has 1 aromatic heterocycles. The van der Waals surface area contributed by atoms with Crippen LogP contribution in [0.1, 0.15) is 18.5 Å². The summed E-state index contributed by atoms with van der Waals surface area (Å²) < 4.78 is 5.17. The highest BCUT2D eigenvalue weighted by Gasteiger charge is 2.14. The van der Waals surface area contributed by atoms with Crippen molar-refractivity contribution in [3.63, 3.8) is 0 Å². The molecule has 1 aliphatic rings. The van der Waals surface area contributed by atoms with Gasteiger partial charge in [-0.05, 0) is 62.5 Å². The van der Waals surface area contributed by atoms with Crippen LogP contribution in [0.2, 0.25) is 0 Å². The van der Waals surface area contributed by atoms with E-state index in [1.54, 1.807) is 7.11 Å². The van der Waals surface area contributed by atoms with E-state index >= 15 is 0 Å². The molecule has 0 bridgehead atoms. The minimum atomic E-state index is 0.694.